The van der Waals surface area contributed by atoms with E-state index in [9.17, 15) is 9.90 Å². The second kappa shape index (κ2) is 4.53. The summed E-state index contributed by atoms with van der Waals surface area (Å²) in [6, 6.07) is 11.2. The van der Waals surface area contributed by atoms with Crippen molar-refractivity contribution in [2.24, 2.45) is 0 Å². The van der Waals surface area contributed by atoms with Gasteiger partial charge in [-0.2, -0.15) is 0 Å². The van der Waals surface area contributed by atoms with Gasteiger partial charge in [-0.3, -0.25) is 9.36 Å². The standard InChI is InChI=1S/C17H14N2O3/c1-22-13-4-2-10-9-19(17(21)14(10)8-13)12-3-5-15-11(6-12)7-16(20)18-15/h2-6,8-9,21H,7H2,1H3,(H,18,20). The third kappa shape index (κ3) is 1.83. The zero-order chi connectivity index (χ0) is 15.3. The van der Waals surface area contributed by atoms with Crippen molar-refractivity contribution in [1.29, 1.82) is 0 Å². The number of anilines is 1. The van der Waals surface area contributed by atoms with Gasteiger partial charge in [0.25, 0.3) is 0 Å². The van der Waals surface area contributed by atoms with Gasteiger partial charge in [-0.05, 0) is 42.0 Å². The Hall–Kier alpha value is -2.95. The number of rotatable bonds is 2. The van der Waals surface area contributed by atoms with Crippen LogP contribution in [0.5, 0.6) is 11.6 Å². The molecule has 0 aliphatic carbocycles. The normalized spacial score (nSPS) is 13.2. The van der Waals surface area contributed by atoms with Crippen LogP contribution >= 0.6 is 0 Å². The zero-order valence-corrected chi connectivity index (χ0v) is 12.0. The number of carbonyl (C=O) groups is 1. The number of benzene rings is 2. The van der Waals surface area contributed by atoms with E-state index in [1.807, 2.05) is 36.5 Å². The smallest absolute Gasteiger partial charge is 0.228 e. The molecule has 1 aliphatic rings. The maximum Gasteiger partial charge on any atom is 0.228 e. The number of hydrogen-bond donors (Lipinski definition) is 2. The molecule has 1 aliphatic heterocycles. The topological polar surface area (TPSA) is 63.5 Å². The zero-order valence-electron chi connectivity index (χ0n) is 12.0. The van der Waals surface area contributed by atoms with Crippen LogP contribution in [0.2, 0.25) is 0 Å². The van der Waals surface area contributed by atoms with Crippen LogP contribution in [0.3, 0.4) is 0 Å². The summed E-state index contributed by atoms with van der Waals surface area (Å²) >= 11 is 0. The molecular weight excluding hydrogens is 280 g/mol. The average molecular weight is 294 g/mol. The molecule has 2 N–H and O–H groups in total. The Balaban J connectivity index is 1.86. The SMILES string of the molecule is COc1ccc2cn(-c3ccc4c(c3)CC(=O)N4)c(O)c2c1. The van der Waals surface area contributed by atoms with E-state index in [4.69, 9.17) is 4.74 Å². The summed E-state index contributed by atoms with van der Waals surface area (Å²) in [7, 11) is 1.60. The van der Waals surface area contributed by atoms with Crippen LogP contribution in [0, 0.1) is 0 Å². The third-order valence-electron chi connectivity index (χ3n) is 3.99. The van der Waals surface area contributed by atoms with Crippen molar-refractivity contribution >= 4 is 22.4 Å². The monoisotopic (exact) mass is 294 g/mol. The maximum atomic E-state index is 11.4. The number of ether oxygens (including phenoxy) is 1. The van der Waals surface area contributed by atoms with E-state index < -0.39 is 0 Å². The first-order valence-corrected chi connectivity index (χ1v) is 6.97. The fraction of sp³-hybridized carbons (Fsp3) is 0.118. The number of aromatic hydroxyl groups is 1. The van der Waals surface area contributed by atoms with Crippen LogP contribution < -0.4 is 10.1 Å². The lowest BCUT2D eigenvalue weighted by Gasteiger charge is -2.07. The minimum atomic E-state index is -0.00113. The van der Waals surface area contributed by atoms with Crippen LogP contribution in [0.4, 0.5) is 5.69 Å². The van der Waals surface area contributed by atoms with Crippen molar-refractivity contribution in [3.8, 4) is 17.3 Å². The van der Waals surface area contributed by atoms with Gasteiger partial charge >= 0.3 is 0 Å². The Bertz CT molecular complexity index is 912. The molecule has 2 heterocycles. The van der Waals surface area contributed by atoms with Crippen molar-refractivity contribution in [2.75, 3.05) is 12.4 Å². The fourth-order valence-electron chi connectivity index (χ4n) is 2.86. The summed E-state index contributed by atoms with van der Waals surface area (Å²) in [4.78, 5) is 11.4. The number of nitrogens with one attached hydrogen (secondary N) is 1. The molecule has 0 bridgehead atoms. The van der Waals surface area contributed by atoms with Gasteiger partial charge in [0.05, 0.1) is 13.5 Å². The van der Waals surface area contributed by atoms with Gasteiger partial charge in [-0.25, -0.2) is 0 Å². The van der Waals surface area contributed by atoms with Crippen molar-refractivity contribution < 1.29 is 14.6 Å². The second-order valence-electron chi connectivity index (χ2n) is 5.34. The number of hydrogen-bond acceptors (Lipinski definition) is 3. The first-order valence-electron chi connectivity index (χ1n) is 6.97. The molecule has 5 heteroatoms. The van der Waals surface area contributed by atoms with Crippen molar-refractivity contribution in [2.45, 2.75) is 6.42 Å². The predicted octanol–water partition coefficient (Wildman–Crippen LogP) is 2.84. The average Bonchev–Trinajstić information content (AvgIpc) is 3.05. The molecule has 0 fully saturated rings. The van der Waals surface area contributed by atoms with Gasteiger partial charge in [0.15, 0.2) is 0 Å². The van der Waals surface area contributed by atoms with Gasteiger partial charge < -0.3 is 15.2 Å². The minimum absolute atomic E-state index is 0.00113. The lowest BCUT2D eigenvalue weighted by Crippen LogP contribution is -2.03. The molecule has 4 rings (SSSR count). The molecule has 2 aromatic carbocycles. The Morgan fingerprint density at radius 2 is 2.09 bits per heavy atom. The van der Waals surface area contributed by atoms with Crippen molar-refractivity contribution in [3.63, 3.8) is 0 Å². The number of methoxy groups -OCH3 is 1. The molecule has 5 nitrogen and oxygen atoms in total. The molecule has 0 atom stereocenters. The Morgan fingerprint density at radius 1 is 1.23 bits per heavy atom. The molecule has 0 saturated heterocycles. The number of fused-ring (bicyclic) bond motifs is 2. The quantitative estimate of drug-likeness (QED) is 0.764. The van der Waals surface area contributed by atoms with Crippen LogP contribution in [0.15, 0.2) is 42.6 Å². The first kappa shape index (κ1) is 12.8. The highest BCUT2D eigenvalue weighted by molar-refractivity contribution is 5.99. The third-order valence-corrected chi connectivity index (χ3v) is 3.99. The van der Waals surface area contributed by atoms with E-state index in [2.05, 4.69) is 5.32 Å². The Labute approximate surface area is 126 Å². The molecule has 0 spiro atoms. The number of nitrogens with zero attached hydrogens (tertiary/aromatic N) is 1. The molecule has 0 saturated carbocycles. The van der Waals surface area contributed by atoms with E-state index in [1.165, 1.54) is 0 Å². The van der Waals surface area contributed by atoms with E-state index in [0.717, 1.165) is 27.7 Å². The Kier molecular flexibility index (Phi) is 2.63. The number of carbonyl (C=O) groups excluding carboxylic acids is 1. The predicted molar refractivity (Wildman–Crippen MR) is 83.8 cm³/mol. The van der Waals surface area contributed by atoms with Gasteiger partial charge in [0.1, 0.15) is 5.75 Å². The molecule has 0 radical (unpaired) electrons. The summed E-state index contributed by atoms with van der Waals surface area (Å²) in [6.45, 7) is 0. The van der Waals surface area contributed by atoms with Crippen molar-refractivity contribution in [3.05, 3.63) is 48.2 Å². The lowest BCUT2D eigenvalue weighted by molar-refractivity contribution is -0.115. The summed E-state index contributed by atoms with van der Waals surface area (Å²) in [5.74, 6) is 0.856. The number of aromatic nitrogens is 1. The van der Waals surface area contributed by atoms with Crippen LogP contribution in [-0.4, -0.2) is 22.7 Å². The second-order valence-corrected chi connectivity index (χ2v) is 5.34. The summed E-state index contributed by atoms with van der Waals surface area (Å²) in [5.41, 5.74) is 2.60. The molecule has 0 unspecified atom stereocenters. The molecule has 3 aromatic rings. The molecule has 1 amide bonds. The Morgan fingerprint density at radius 3 is 2.91 bits per heavy atom. The highest BCUT2D eigenvalue weighted by Gasteiger charge is 2.19. The van der Waals surface area contributed by atoms with E-state index >= 15 is 0 Å². The van der Waals surface area contributed by atoms with Crippen LogP contribution in [0.25, 0.3) is 16.5 Å². The summed E-state index contributed by atoms with van der Waals surface area (Å²) < 4.78 is 6.91. The lowest BCUT2D eigenvalue weighted by atomic mass is 10.1. The highest BCUT2D eigenvalue weighted by atomic mass is 16.5. The fourth-order valence-corrected chi connectivity index (χ4v) is 2.86. The first-order chi connectivity index (χ1) is 10.7. The van der Waals surface area contributed by atoms with Crippen molar-refractivity contribution in [1.82, 2.24) is 4.57 Å². The molecule has 110 valence electrons. The molecular formula is C17H14N2O3. The van der Waals surface area contributed by atoms with Gasteiger partial charge in [-0.1, -0.05) is 0 Å². The van der Waals surface area contributed by atoms with E-state index in [1.54, 1.807) is 17.7 Å². The minimum Gasteiger partial charge on any atom is -0.497 e. The van der Waals surface area contributed by atoms with Crippen LogP contribution in [0.1, 0.15) is 5.56 Å². The van der Waals surface area contributed by atoms with Crippen LogP contribution in [-0.2, 0) is 11.2 Å². The van der Waals surface area contributed by atoms with Gasteiger partial charge in [-0.15, -0.1) is 0 Å². The van der Waals surface area contributed by atoms with E-state index in [-0.39, 0.29) is 11.8 Å². The van der Waals surface area contributed by atoms with Gasteiger partial charge in [0, 0.05) is 28.3 Å². The largest absolute Gasteiger partial charge is 0.497 e. The maximum absolute atomic E-state index is 11.4. The van der Waals surface area contributed by atoms with E-state index in [0.29, 0.717) is 12.2 Å². The number of amides is 1. The summed E-state index contributed by atoms with van der Waals surface area (Å²) in [5, 5.41) is 14.9. The van der Waals surface area contributed by atoms with Gasteiger partial charge in [0.2, 0.25) is 11.8 Å². The molecule has 22 heavy (non-hydrogen) atoms. The molecule has 1 aromatic heterocycles. The highest BCUT2D eigenvalue weighted by Crippen LogP contribution is 2.34. The summed E-state index contributed by atoms with van der Waals surface area (Å²) in [6.07, 6.45) is 2.24.